The number of hydrogen-bond acceptors (Lipinski definition) is 4. The number of nitrogens with two attached hydrogens (primary N) is 1. The molecule has 2 amide bonds. The smallest absolute Gasteiger partial charge is 0.308 e. The van der Waals surface area contributed by atoms with Crippen LogP contribution in [0.2, 0.25) is 0 Å². The number of carboxylic acids is 1. The van der Waals surface area contributed by atoms with Crippen molar-refractivity contribution in [1.29, 1.82) is 0 Å². The van der Waals surface area contributed by atoms with E-state index in [0.29, 0.717) is 17.0 Å². The van der Waals surface area contributed by atoms with Gasteiger partial charge < -0.3 is 15.7 Å². The minimum atomic E-state index is -0.907. The number of benzene rings is 2. The zero-order valence-corrected chi connectivity index (χ0v) is 15.4. The molecule has 1 saturated heterocycles. The van der Waals surface area contributed by atoms with Crippen LogP contribution in [0.5, 0.6) is 0 Å². The number of carbonyl (C=O) groups excluding carboxylic acids is 2. The second-order valence-corrected chi connectivity index (χ2v) is 7.44. The van der Waals surface area contributed by atoms with Crippen LogP contribution in [0.15, 0.2) is 59.5 Å². The SMILES string of the molecule is NC(=O)CSc1ccccc1C(=O)N1C[C@H](C(=O)O)[C@H](c2ccccc2)C1. The molecule has 1 aliphatic heterocycles. The van der Waals surface area contributed by atoms with E-state index in [1.54, 1.807) is 29.2 Å². The monoisotopic (exact) mass is 384 g/mol. The Labute approximate surface area is 161 Å². The zero-order chi connectivity index (χ0) is 19.4. The normalized spacial score (nSPS) is 19.0. The summed E-state index contributed by atoms with van der Waals surface area (Å²) in [6.45, 7) is 0.497. The van der Waals surface area contributed by atoms with Gasteiger partial charge in [0.2, 0.25) is 5.91 Å². The Kier molecular flexibility index (Phi) is 5.81. The van der Waals surface area contributed by atoms with Crippen molar-refractivity contribution >= 4 is 29.5 Å². The predicted octanol–water partition coefficient (Wildman–Crippen LogP) is 2.20. The molecule has 0 saturated carbocycles. The molecule has 0 spiro atoms. The number of rotatable bonds is 6. The lowest BCUT2D eigenvalue weighted by atomic mass is 9.89. The second-order valence-electron chi connectivity index (χ2n) is 6.42. The molecule has 1 fully saturated rings. The molecule has 2 aromatic carbocycles. The molecular weight excluding hydrogens is 364 g/mol. The molecule has 1 aliphatic rings. The maximum absolute atomic E-state index is 13.1. The van der Waals surface area contributed by atoms with Crippen molar-refractivity contribution < 1.29 is 19.5 Å². The summed E-state index contributed by atoms with van der Waals surface area (Å²) in [7, 11) is 0. The number of amides is 2. The summed E-state index contributed by atoms with van der Waals surface area (Å²) in [5.74, 6) is -2.42. The Morgan fingerprint density at radius 3 is 2.37 bits per heavy atom. The Balaban J connectivity index is 1.84. The van der Waals surface area contributed by atoms with Crippen molar-refractivity contribution in [3.63, 3.8) is 0 Å². The van der Waals surface area contributed by atoms with Gasteiger partial charge in [-0.3, -0.25) is 14.4 Å². The summed E-state index contributed by atoms with van der Waals surface area (Å²) < 4.78 is 0. The summed E-state index contributed by atoms with van der Waals surface area (Å²) in [4.78, 5) is 38.1. The van der Waals surface area contributed by atoms with E-state index in [2.05, 4.69) is 0 Å². The van der Waals surface area contributed by atoms with Gasteiger partial charge in [-0.1, -0.05) is 42.5 Å². The van der Waals surface area contributed by atoms with E-state index < -0.39 is 17.8 Å². The van der Waals surface area contributed by atoms with Gasteiger partial charge in [0.05, 0.1) is 17.2 Å². The molecule has 6 nitrogen and oxygen atoms in total. The van der Waals surface area contributed by atoms with Gasteiger partial charge in [-0.15, -0.1) is 11.8 Å². The Morgan fingerprint density at radius 1 is 1.04 bits per heavy atom. The lowest BCUT2D eigenvalue weighted by molar-refractivity contribution is -0.141. The molecule has 2 aromatic rings. The van der Waals surface area contributed by atoms with Crippen molar-refractivity contribution in [3.8, 4) is 0 Å². The molecule has 0 aliphatic carbocycles. The average molecular weight is 384 g/mol. The quantitative estimate of drug-likeness (QED) is 0.744. The van der Waals surface area contributed by atoms with Crippen LogP contribution in [-0.2, 0) is 9.59 Å². The number of nitrogens with zero attached hydrogens (tertiary/aromatic N) is 1. The lowest BCUT2D eigenvalue weighted by Crippen LogP contribution is -2.30. The van der Waals surface area contributed by atoms with Crippen LogP contribution in [0.25, 0.3) is 0 Å². The van der Waals surface area contributed by atoms with E-state index in [1.165, 1.54) is 11.8 Å². The molecule has 2 atom stereocenters. The van der Waals surface area contributed by atoms with Crippen LogP contribution >= 0.6 is 11.8 Å². The predicted molar refractivity (Wildman–Crippen MR) is 103 cm³/mol. The van der Waals surface area contributed by atoms with Crippen molar-refractivity contribution in [1.82, 2.24) is 4.90 Å². The van der Waals surface area contributed by atoms with Crippen LogP contribution in [0.4, 0.5) is 0 Å². The van der Waals surface area contributed by atoms with Crippen LogP contribution in [0, 0.1) is 5.92 Å². The molecule has 7 heteroatoms. The summed E-state index contributed by atoms with van der Waals surface area (Å²) in [5, 5.41) is 9.62. The first-order valence-electron chi connectivity index (χ1n) is 8.54. The van der Waals surface area contributed by atoms with Crippen LogP contribution in [0.1, 0.15) is 21.8 Å². The van der Waals surface area contributed by atoms with E-state index in [-0.39, 0.29) is 24.1 Å². The molecule has 0 bridgehead atoms. The molecule has 140 valence electrons. The highest BCUT2D eigenvalue weighted by molar-refractivity contribution is 8.00. The number of aliphatic carboxylic acids is 1. The van der Waals surface area contributed by atoms with Crippen molar-refractivity contribution in [2.75, 3.05) is 18.8 Å². The first-order chi connectivity index (χ1) is 13.0. The fourth-order valence-electron chi connectivity index (χ4n) is 3.35. The fraction of sp³-hybridized carbons (Fsp3) is 0.250. The van der Waals surface area contributed by atoms with Gasteiger partial charge >= 0.3 is 5.97 Å². The average Bonchev–Trinajstić information content (AvgIpc) is 3.12. The van der Waals surface area contributed by atoms with Crippen LogP contribution in [-0.4, -0.2) is 46.6 Å². The minimum Gasteiger partial charge on any atom is -0.481 e. The molecule has 27 heavy (non-hydrogen) atoms. The highest BCUT2D eigenvalue weighted by Gasteiger charge is 2.40. The van der Waals surface area contributed by atoms with E-state index in [1.807, 2.05) is 30.3 Å². The summed E-state index contributed by atoms with van der Waals surface area (Å²) in [6.07, 6.45) is 0. The van der Waals surface area contributed by atoms with E-state index in [4.69, 9.17) is 5.73 Å². The summed E-state index contributed by atoms with van der Waals surface area (Å²) in [5.41, 5.74) is 6.58. The van der Waals surface area contributed by atoms with E-state index in [0.717, 1.165) is 5.56 Å². The Morgan fingerprint density at radius 2 is 1.70 bits per heavy atom. The highest BCUT2D eigenvalue weighted by Crippen LogP contribution is 2.34. The maximum Gasteiger partial charge on any atom is 0.308 e. The van der Waals surface area contributed by atoms with Gasteiger partial charge in [-0.2, -0.15) is 0 Å². The Bertz CT molecular complexity index is 856. The summed E-state index contributed by atoms with van der Waals surface area (Å²) >= 11 is 1.21. The number of carboxylic acid groups (broad SMARTS) is 1. The third-order valence-electron chi connectivity index (χ3n) is 4.64. The molecular formula is C20H20N2O4S. The molecule has 0 radical (unpaired) electrons. The molecule has 0 aromatic heterocycles. The van der Waals surface area contributed by atoms with Gasteiger partial charge in [0.25, 0.3) is 5.91 Å². The number of likely N-dealkylation sites (tertiary alicyclic amines) is 1. The van der Waals surface area contributed by atoms with Crippen molar-refractivity contribution in [2.24, 2.45) is 11.7 Å². The zero-order valence-electron chi connectivity index (χ0n) is 14.6. The minimum absolute atomic E-state index is 0.0781. The largest absolute Gasteiger partial charge is 0.481 e. The van der Waals surface area contributed by atoms with Crippen LogP contribution in [0.3, 0.4) is 0 Å². The topological polar surface area (TPSA) is 101 Å². The number of hydrogen-bond donors (Lipinski definition) is 2. The van der Waals surface area contributed by atoms with Gasteiger partial charge in [0, 0.05) is 23.9 Å². The summed E-state index contributed by atoms with van der Waals surface area (Å²) in [6, 6.07) is 16.4. The molecule has 3 N–H and O–H groups in total. The highest BCUT2D eigenvalue weighted by atomic mass is 32.2. The second kappa shape index (κ2) is 8.26. The molecule has 3 rings (SSSR count). The standard InChI is InChI=1S/C20H20N2O4S/c21-18(23)12-27-17-9-5-4-8-14(17)19(24)22-10-15(16(11-22)20(25)26)13-6-2-1-3-7-13/h1-9,15-16H,10-12H2,(H2,21,23)(H,25,26)/t15-,16-/m0/s1. The molecule has 1 heterocycles. The van der Waals surface area contributed by atoms with Gasteiger partial charge in [0.1, 0.15) is 0 Å². The van der Waals surface area contributed by atoms with E-state index >= 15 is 0 Å². The lowest BCUT2D eigenvalue weighted by Gasteiger charge is -2.18. The fourth-order valence-corrected chi connectivity index (χ4v) is 4.13. The van der Waals surface area contributed by atoms with Gasteiger partial charge in [0.15, 0.2) is 0 Å². The molecule has 0 unspecified atom stereocenters. The third kappa shape index (κ3) is 4.31. The van der Waals surface area contributed by atoms with Gasteiger partial charge in [-0.05, 0) is 17.7 Å². The number of thioether (sulfide) groups is 1. The first kappa shape index (κ1) is 19.0. The maximum atomic E-state index is 13.1. The Hall–Kier alpha value is -2.80. The van der Waals surface area contributed by atoms with E-state index in [9.17, 15) is 19.5 Å². The van der Waals surface area contributed by atoms with Crippen LogP contribution < -0.4 is 5.73 Å². The first-order valence-corrected chi connectivity index (χ1v) is 9.53. The third-order valence-corrected chi connectivity index (χ3v) is 5.74. The van der Waals surface area contributed by atoms with Crippen molar-refractivity contribution in [3.05, 3.63) is 65.7 Å². The number of carbonyl (C=O) groups is 3. The van der Waals surface area contributed by atoms with Gasteiger partial charge in [-0.25, -0.2) is 0 Å². The number of primary amides is 1. The van der Waals surface area contributed by atoms with Crippen molar-refractivity contribution in [2.45, 2.75) is 10.8 Å².